The Labute approximate surface area is 109 Å². The maximum atomic E-state index is 5.94. The van der Waals surface area contributed by atoms with Crippen molar-refractivity contribution in [2.45, 2.75) is 57.5 Å². The Kier molecular flexibility index (Phi) is 3.85. The zero-order chi connectivity index (χ0) is 13.2. The Morgan fingerprint density at radius 3 is 2.50 bits per heavy atom. The van der Waals surface area contributed by atoms with Crippen LogP contribution in [0.1, 0.15) is 63.4 Å². The SMILES string of the molecule is COC1(c2ncc(N)c(C(C)C)n2)CCCCC1. The average Bonchev–Trinajstić information content (AvgIpc) is 2.39. The molecule has 1 aromatic rings. The summed E-state index contributed by atoms with van der Waals surface area (Å²) >= 11 is 0. The van der Waals surface area contributed by atoms with Gasteiger partial charge in [-0.15, -0.1) is 0 Å². The van der Waals surface area contributed by atoms with Gasteiger partial charge < -0.3 is 10.5 Å². The third kappa shape index (κ3) is 2.34. The van der Waals surface area contributed by atoms with Crippen molar-refractivity contribution >= 4 is 5.69 Å². The summed E-state index contributed by atoms with van der Waals surface area (Å²) in [7, 11) is 1.76. The van der Waals surface area contributed by atoms with E-state index in [-0.39, 0.29) is 5.60 Å². The van der Waals surface area contributed by atoms with Gasteiger partial charge in [0.15, 0.2) is 5.82 Å². The highest BCUT2D eigenvalue weighted by molar-refractivity contribution is 5.42. The summed E-state index contributed by atoms with van der Waals surface area (Å²) in [4.78, 5) is 9.10. The second kappa shape index (κ2) is 5.22. The normalized spacial score (nSPS) is 19.1. The van der Waals surface area contributed by atoms with E-state index in [9.17, 15) is 0 Å². The number of rotatable bonds is 3. The predicted molar refractivity (Wildman–Crippen MR) is 72.3 cm³/mol. The molecule has 0 radical (unpaired) electrons. The second-order valence-corrected chi connectivity index (χ2v) is 5.45. The lowest BCUT2D eigenvalue weighted by Crippen LogP contribution is -2.33. The number of nitrogens with zero attached hydrogens (tertiary/aromatic N) is 2. The van der Waals surface area contributed by atoms with Crippen LogP contribution in [0.5, 0.6) is 0 Å². The van der Waals surface area contributed by atoms with E-state index in [2.05, 4.69) is 23.8 Å². The second-order valence-electron chi connectivity index (χ2n) is 5.45. The third-order valence-electron chi connectivity index (χ3n) is 3.85. The maximum absolute atomic E-state index is 5.94. The van der Waals surface area contributed by atoms with Crippen LogP contribution in [0.2, 0.25) is 0 Å². The van der Waals surface area contributed by atoms with Crippen molar-refractivity contribution in [2.24, 2.45) is 0 Å². The minimum absolute atomic E-state index is 0.296. The molecular weight excluding hydrogens is 226 g/mol. The molecule has 0 saturated heterocycles. The average molecular weight is 249 g/mol. The fourth-order valence-electron chi connectivity index (χ4n) is 2.73. The molecule has 1 aliphatic carbocycles. The highest BCUT2D eigenvalue weighted by Gasteiger charge is 2.37. The minimum Gasteiger partial charge on any atom is -0.396 e. The predicted octanol–water partition coefficient (Wildman–Crippen LogP) is 2.99. The molecular formula is C14H23N3O. The molecule has 0 unspecified atom stereocenters. The zero-order valence-corrected chi connectivity index (χ0v) is 11.6. The lowest BCUT2D eigenvalue weighted by molar-refractivity contribution is -0.0516. The molecule has 2 rings (SSSR count). The van der Waals surface area contributed by atoms with Crippen LogP contribution < -0.4 is 5.73 Å². The van der Waals surface area contributed by atoms with Crippen molar-refractivity contribution in [1.82, 2.24) is 9.97 Å². The lowest BCUT2D eigenvalue weighted by Gasteiger charge is -2.34. The smallest absolute Gasteiger partial charge is 0.160 e. The van der Waals surface area contributed by atoms with Gasteiger partial charge in [-0.2, -0.15) is 0 Å². The van der Waals surface area contributed by atoms with E-state index >= 15 is 0 Å². The monoisotopic (exact) mass is 249 g/mol. The number of hydrogen-bond donors (Lipinski definition) is 1. The zero-order valence-electron chi connectivity index (χ0n) is 11.6. The van der Waals surface area contributed by atoms with Crippen molar-refractivity contribution < 1.29 is 4.74 Å². The highest BCUT2D eigenvalue weighted by atomic mass is 16.5. The third-order valence-corrected chi connectivity index (χ3v) is 3.85. The molecule has 0 bridgehead atoms. The van der Waals surface area contributed by atoms with Gasteiger partial charge in [-0.05, 0) is 18.8 Å². The fraction of sp³-hybridized carbons (Fsp3) is 0.714. The molecule has 1 heterocycles. The van der Waals surface area contributed by atoms with Crippen LogP contribution in [-0.4, -0.2) is 17.1 Å². The molecule has 0 aromatic carbocycles. The van der Waals surface area contributed by atoms with Crippen LogP contribution in [-0.2, 0) is 10.3 Å². The van der Waals surface area contributed by atoms with Gasteiger partial charge in [0.05, 0.1) is 17.6 Å². The van der Waals surface area contributed by atoms with Gasteiger partial charge >= 0.3 is 0 Å². The standard InChI is InChI=1S/C14H23N3O/c1-10(2)12-11(15)9-16-13(17-12)14(18-3)7-5-4-6-8-14/h9-10H,4-8,15H2,1-3H3. The van der Waals surface area contributed by atoms with E-state index < -0.39 is 0 Å². The van der Waals surface area contributed by atoms with Crippen molar-refractivity contribution in [3.63, 3.8) is 0 Å². The Morgan fingerprint density at radius 2 is 1.94 bits per heavy atom. The Balaban J connectivity index is 2.39. The minimum atomic E-state index is -0.296. The topological polar surface area (TPSA) is 61.0 Å². The van der Waals surface area contributed by atoms with Gasteiger partial charge in [0, 0.05) is 7.11 Å². The largest absolute Gasteiger partial charge is 0.396 e. The molecule has 4 nitrogen and oxygen atoms in total. The maximum Gasteiger partial charge on any atom is 0.160 e. The van der Waals surface area contributed by atoms with Crippen LogP contribution in [0.3, 0.4) is 0 Å². The van der Waals surface area contributed by atoms with Gasteiger partial charge in [0.25, 0.3) is 0 Å². The molecule has 0 amide bonds. The van der Waals surface area contributed by atoms with Gasteiger partial charge in [-0.1, -0.05) is 33.1 Å². The Morgan fingerprint density at radius 1 is 1.28 bits per heavy atom. The summed E-state index contributed by atoms with van der Waals surface area (Å²) in [6.45, 7) is 4.20. The van der Waals surface area contributed by atoms with Crippen LogP contribution in [0.4, 0.5) is 5.69 Å². The number of hydrogen-bond acceptors (Lipinski definition) is 4. The molecule has 18 heavy (non-hydrogen) atoms. The number of nitrogens with two attached hydrogens (primary N) is 1. The first-order chi connectivity index (χ1) is 8.59. The number of ether oxygens (including phenoxy) is 1. The van der Waals surface area contributed by atoms with E-state index in [1.165, 1.54) is 19.3 Å². The summed E-state index contributed by atoms with van der Waals surface area (Å²) in [5.41, 5.74) is 7.25. The number of methoxy groups -OCH3 is 1. The lowest BCUT2D eigenvalue weighted by atomic mass is 9.83. The van der Waals surface area contributed by atoms with E-state index in [0.29, 0.717) is 11.6 Å². The molecule has 0 atom stereocenters. The quantitative estimate of drug-likeness (QED) is 0.894. The van der Waals surface area contributed by atoms with Crippen molar-refractivity contribution in [3.8, 4) is 0 Å². The first-order valence-corrected chi connectivity index (χ1v) is 6.77. The summed E-state index contributed by atoms with van der Waals surface area (Å²) in [5, 5.41) is 0. The summed E-state index contributed by atoms with van der Waals surface area (Å²) in [6, 6.07) is 0. The molecule has 1 saturated carbocycles. The Hall–Kier alpha value is -1.16. The molecule has 0 aliphatic heterocycles. The van der Waals surface area contributed by atoms with Gasteiger partial charge in [-0.3, -0.25) is 0 Å². The van der Waals surface area contributed by atoms with Crippen LogP contribution in [0.25, 0.3) is 0 Å². The first kappa shape index (κ1) is 13.3. The first-order valence-electron chi connectivity index (χ1n) is 6.77. The van der Waals surface area contributed by atoms with Gasteiger partial charge in [-0.25, -0.2) is 9.97 Å². The highest BCUT2D eigenvalue weighted by Crippen LogP contribution is 2.38. The van der Waals surface area contributed by atoms with Crippen LogP contribution >= 0.6 is 0 Å². The van der Waals surface area contributed by atoms with E-state index in [1.807, 2.05) is 0 Å². The number of anilines is 1. The van der Waals surface area contributed by atoms with E-state index in [0.717, 1.165) is 24.4 Å². The van der Waals surface area contributed by atoms with Gasteiger partial charge in [0.2, 0.25) is 0 Å². The molecule has 1 fully saturated rings. The van der Waals surface area contributed by atoms with Crippen LogP contribution in [0.15, 0.2) is 6.20 Å². The molecule has 0 spiro atoms. The van der Waals surface area contributed by atoms with E-state index in [1.54, 1.807) is 13.3 Å². The summed E-state index contributed by atoms with van der Waals surface area (Å²) < 4.78 is 5.77. The van der Waals surface area contributed by atoms with E-state index in [4.69, 9.17) is 10.5 Å². The molecule has 2 N–H and O–H groups in total. The Bertz CT molecular complexity index is 412. The number of nitrogen functional groups attached to an aromatic ring is 1. The summed E-state index contributed by atoms with van der Waals surface area (Å²) in [6.07, 6.45) is 7.37. The van der Waals surface area contributed by atoms with Gasteiger partial charge in [0.1, 0.15) is 5.60 Å². The number of aromatic nitrogens is 2. The molecule has 100 valence electrons. The van der Waals surface area contributed by atoms with Crippen molar-refractivity contribution in [2.75, 3.05) is 12.8 Å². The summed E-state index contributed by atoms with van der Waals surface area (Å²) in [5.74, 6) is 1.12. The molecule has 1 aromatic heterocycles. The van der Waals surface area contributed by atoms with Crippen LogP contribution in [0, 0.1) is 0 Å². The fourth-order valence-corrected chi connectivity index (χ4v) is 2.73. The van der Waals surface area contributed by atoms with Crippen molar-refractivity contribution in [3.05, 3.63) is 17.7 Å². The molecule has 1 aliphatic rings. The molecule has 4 heteroatoms. The van der Waals surface area contributed by atoms with Crippen molar-refractivity contribution in [1.29, 1.82) is 0 Å².